The van der Waals surface area contributed by atoms with Gasteiger partial charge in [-0.05, 0) is 12.1 Å². The number of para-hydroxylation sites is 2. The van der Waals surface area contributed by atoms with Gasteiger partial charge >= 0.3 is 0 Å². The maximum Gasteiger partial charge on any atom is 0.142 e. The average Bonchev–Trinajstić information content (AvgIpc) is 2.48. The lowest BCUT2D eigenvalue weighted by Gasteiger charge is -2.37. The Balaban J connectivity index is 1.92. The first kappa shape index (κ1) is 14.1. The van der Waals surface area contributed by atoms with Gasteiger partial charge in [-0.25, -0.2) is 4.39 Å². The highest BCUT2D eigenvalue weighted by Crippen LogP contribution is 2.28. The summed E-state index contributed by atoms with van der Waals surface area (Å²) < 4.78 is 18.6. The Hall–Kier alpha value is -1.33. The molecule has 106 valence electrons. The van der Waals surface area contributed by atoms with Crippen molar-refractivity contribution >= 4 is 5.69 Å². The molecule has 2 N–H and O–H groups in total. The van der Waals surface area contributed by atoms with Crippen molar-refractivity contribution in [1.82, 2.24) is 4.90 Å². The number of anilines is 1. The Bertz CT molecular complexity index is 394. The molecule has 1 saturated heterocycles. The Kier molecular flexibility index (Phi) is 4.99. The standard InChI is InChI=1S/C14H22FN3O/c1-19-14-5-3-2-4-13(14)18-8-6-17(7-9-18)11-12(15)10-16/h2-5,12H,6-11,16H2,1H3/t12-/m0/s1. The molecule has 0 aromatic heterocycles. The lowest BCUT2D eigenvalue weighted by Crippen LogP contribution is -2.48. The second-order valence-corrected chi connectivity index (χ2v) is 4.79. The maximum atomic E-state index is 13.3. The Morgan fingerprint density at radius 1 is 1.26 bits per heavy atom. The zero-order valence-corrected chi connectivity index (χ0v) is 11.4. The SMILES string of the molecule is COc1ccccc1N1CCN(C[C@@H](F)CN)CC1. The second-order valence-electron chi connectivity index (χ2n) is 4.79. The first-order valence-electron chi connectivity index (χ1n) is 6.69. The zero-order valence-electron chi connectivity index (χ0n) is 11.4. The smallest absolute Gasteiger partial charge is 0.142 e. The van der Waals surface area contributed by atoms with E-state index in [4.69, 9.17) is 10.5 Å². The molecule has 1 heterocycles. The molecule has 0 radical (unpaired) electrons. The number of ether oxygens (including phenoxy) is 1. The third-order valence-electron chi connectivity index (χ3n) is 3.51. The number of alkyl halides is 1. The van der Waals surface area contributed by atoms with E-state index in [1.807, 2.05) is 18.2 Å². The highest BCUT2D eigenvalue weighted by Gasteiger charge is 2.21. The van der Waals surface area contributed by atoms with Crippen molar-refractivity contribution < 1.29 is 9.13 Å². The maximum absolute atomic E-state index is 13.3. The van der Waals surface area contributed by atoms with Gasteiger partial charge in [-0.15, -0.1) is 0 Å². The van der Waals surface area contributed by atoms with Crippen LogP contribution in [0.4, 0.5) is 10.1 Å². The fourth-order valence-electron chi connectivity index (χ4n) is 2.42. The number of rotatable bonds is 5. The van der Waals surface area contributed by atoms with Gasteiger partial charge in [-0.3, -0.25) is 4.90 Å². The number of nitrogens with zero attached hydrogens (tertiary/aromatic N) is 2. The normalized spacial score (nSPS) is 18.4. The number of nitrogens with two attached hydrogens (primary N) is 1. The van der Waals surface area contributed by atoms with E-state index < -0.39 is 6.17 Å². The van der Waals surface area contributed by atoms with Crippen LogP contribution in [-0.4, -0.2) is 57.4 Å². The molecule has 5 heteroatoms. The van der Waals surface area contributed by atoms with Crippen molar-refractivity contribution in [3.8, 4) is 5.75 Å². The van der Waals surface area contributed by atoms with Crippen LogP contribution < -0.4 is 15.4 Å². The molecule has 2 rings (SSSR count). The van der Waals surface area contributed by atoms with Crippen LogP contribution in [0.5, 0.6) is 5.75 Å². The number of benzene rings is 1. The van der Waals surface area contributed by atoms with E-state index in [0.717, 1.165) is 37.6 Å². The summed E-state index contributed by atoms with van der Waals surface area (Å²) >= 11 is 0. The van der Waals surface area contributed by atoms with Crippen molar-refractivity contribution in [2.45, 2.75) is 6.17 Å². The zero-order chi connectivity index (χ0) is 13.7. The molecule has 1 aliphatic rings. The molecule has 0 bridgehead atoms. The van der Waals surface area contributed by atoms with Crippen molar-refractivity contribution in [3.63, 3.8) is 0 Å². The van der Waals surface area contributed by atoms with Gasteiger partial charge < -0.3 is 15.4 Å². The lowest BCUT2D eigenvalue weighted by molar-refractivity contribution is 0.186. The van der Waals surface area contributed by atoms with E-state index in [1.165, 1.54) is 0 Å². The summed E-state index contributed by atoms with van der Waals surface area (Å²) in [5.74, 6) is 0.890. The van der Waals surface area contributed by atoms with E-state index in [1.54, 1.807) is 7.11 Å². The molecule has 19 heavy (non-hydrogen) atoms. The first-order valence-corrected chi connectivity index (χ1v) is 6.69. The van der Waals surface area contributed by atoms with Gasteiger partial charge in [0.05, 0.1) is 12.8 Å². The minimum absolute atomic E-state index is 0.104. The third-order valence-corrected chi connectivity index (χ3v) is 3.51. The number of methoxy groups -OCH3 is 1. The highest BCUT2D eigenvalue weighted by atomic mass is 19.1. The summed E-state index contributed by atoms with van der Waals surface area (Å²) in [6.45, 7) is 4.04. The van der Waals surface area contributed by atoms with Gasteiger partial charge in [0, 0.05) is 39.3 Å². The van der Waals surface area contributed by atoms with Crippen LogP contribution >= 0.6 is 0 Å². The van der Waals surface area contributed by atoms with Crippen LogP contribution in [0, 0.1) is 0 Å². The average molecular weight is 267 g/mol. The summed E-state index contributed by atoms with van der Waals surface area (Å²) in [7, 11) is 1.68. The molecule has 0 aliphatic carbocycles. The van der Waals surface area contributed by atoms with Crippen molar-refractivity contribution in [2.75, 3.05) is 51.3 Å². The fourth-order valence-corrected chi connectivity index (χ4v) is 2.42. The van der Waals surface area contributed by atoms with Gasteiger partial charge in [0.15, 0.2) is 0 Å². The predicted octanol–water partition coefficient (Wildman–Crippen LogP) is 1.11. The molecular formula is C14H22FN3O. The molecule has 1 aromatic rings. The summed E-state index contributed by atoms with van der Waals surface area (Å²) in [4.78, 5) is 4.41. The van der Waals surface area contributed by atoms with E-state index in [2.05, 4.69) is 15.9 Å². The van der Waals surface area contributed by atoms with Crippen LogP contribution in [-0.2, 0) is 0 Å². The monoisotopic (exact) mass is 267 g/mol. The Labute approximate surface area is 113 Å². The number of piperazine rings is 1. The fraction of sp³-hybridized carbons (Fsp3) is 0.571. The summed E-state index contributed by atoms with van der Waals surface area (Å²) in [6.07, 6.45) is -0.919. The molecule has 0 saturated carbocycles. The molecule has 1 atom stereocenters. The number of hydrogen-bond acceptors (Lipinski definition) is 4. The molecule has 1 fully saturated rings. The Morgan fingerprint density at radius 3 is 2.58 bits per heavy atom. The number of hydrogen-bond donors (Lipinski definition) is 1. The van der Waals surface area contributed by atoms with E-state index in [0.29, 0.717) is 6.54 Å². The molecular weight excluding hydrogens is 245 g/mol. The molecule has 0 unspecified atom stereocenters. The van der Waals surface area contributed by atoms with Gasteiger partial charge in [-0.1, -0.05) is 12.1 Å². The first-order chi connectivity index (χ1) is 9.24. The minimum Gasteiger partial charge on any atom is -0.495 e. The molecule has 1 aliphatic heterocycles. The third kappa shape index (κ3) is 3.58. The summed E-state index contributed by atoms with van der Waals surface area (Å²) in [6, 6.07) is 8.00. The van der Waals surface area contributed by atoms with Crippen LogP contribution in [0.3, 0.4) is 0 Å². The van der Waals surface area contributed by atoms with Crippen LogP contribution in [0.25, 0.3) is 0 Å². The number of halogens is 1. The van der Waals surface area contributed by atoms with E-state index >= 15 is 0 Å². The molecule has 4 nitrogen and oxygen atoms in total. The topological polar surface area (TPSA) is 41.7 Å². The lowest BCUT2D eigenvalue weighted by atomic mass is 10.2. The Morgan fingerprint density at radius 2 is 1.95 bits per heavy atom. The molecule has 0 amide bonds. The van der Waals surface area contributed by atoms with Crippen LogP contribution in [0.15, 0.2) is 24.3 Å². The largest absolute Gasteiger partial charge is 0.495 e. The molecule has 1 aromatic carbocycles. The molecule has 0 spiro atoms. The van der Waals surface area contributed by atoms with Crippen LogP contribution in [0.2, 0.25) is 0 Å². The summed E-state index contributed by atoms with van der Waals surface area (Å²) in [5, 5.41) is 0. The van der Waals surface area contributed by atoms with E-state index in [-0.39, 0.29) is 6.54 Å². The minimum atomic E-state index is -0.919. The van der Waals surface area contributed by atoms with Gasteiger partial charge in [-0.2, -0.15) is 0 Å². The quantitative estimate of drug-likeness (QED) is 0.868. The highest BCUT2D eigenvalue weighted by molar-refractivity contribution is 5.58. The van der Waals surface area contributed by atoms with Gasteiger partial charge in [0.25, 0.3) is 0 Å². The van der Waals surface area contributed by atoms with Gasteiger partial charge in [0.2, 0.25) is 0 Å². The van der Waals surface area contributed by atoms with Crippen molar-refractivity contribution in [3.05, 3.63) is 24.3 Å². The summed E-state index contributed by atoms with van der Waals surface area (Å²) in [5.41, 5.74) is 6.43. The van der Waals surface area contributed by atoms with E-state index in [9.17, 15) is 4.39 Å². The van der Waals surface area contributed by atoms with Gasteiger partial charge in [0.1, 0.15) is 11.9 Å². The van der Waals surface area contributed by atoms with Crippen molar-refractivity contribution in [2.24, 2.45) is 5.73 Å². The predicted molar refractivity (Wildman–Crippen MR) is 75.6 cm³/mol. The second kappa shape index (κ2) is 6.73. The van der Waals surface area contributed by atoms with Crippen LogP contribution in [0.1, 0.15) is 0 Å². The van der Waals surface area contributed by atoms with Crippen molar-refractivity contribution in [1.29, 1.82) is 0 Å².